The van der Waals surface area contributed by atoms with Crippen molar-refractivity contribution in [3.8, 4) is 0 Å². The second-order valence-corrected chi connectivity index (χ2v) is 19.9. The first kappa shape index (κ1) is 66.1. The van der Waals surface area contributed by atoms with Crippen LogP contribution in [0.3, 0.4) is 0 Å². The van der Waals surface area contributed by atoms with Gasteiger partial charge >= 0.3 is 17.9 Å². The molecule has 0 rings (SSSR count). The Labute approximate surface area is 428 Å². The minimum absolute atomic E-state index is 0.0786. The SMILES string of the molecule is CC/C=C\C/C=C\C/C=C\C/C=C\CCCCCCCCCCC(=O)OCC(COC(=O)CCCCCCC/C=C\CCC)OC(=O)CCCCCCCCCCCCCCCCCCCCCC. The molecule has 0 fully saturated rings. The van der Waals surface area contributed by atoms with Crippen LogP contribution >= 0.6 is 0 Å². The zero-order valence-corrected chi connectivity index (χ0v) is 45.8. The number of hydrogen-bond donors (Lipinski definition) is 0. The predicted octanol–water partition coefficient (Wildman–Crippen LogP) is 20.0. The first-order valence-corrected chi connectivity index (χ1v) is 29.8. The van der Waals surface area contributed by atoms with Crippen LogP contribution in [-0.4, -0.2) is 37.2 Å². The van der Waals surface area contributed by atoms with Crippen molar-refractivity contribution in [2.75, 3.05) is 13.2 Å². The van der Waals surface area contributed by atoms with E-state index in [1.54, 1.807) is 0 Å². The molecule has 0 aromatic rings. The van der Waals surface area contributed by atoms with E-state index < -0.39 is 6.10 Å². The summed E-state index contributed by atoms with van der Waals surface area (Å²) in [6.07, 6.45) is 72.2. The summed E-state index contributed by atoms with van der Waals surface area (Å²) >= 11 is 0. The molecule has 0 aliphatic heterocycles. The fourth-order valence-electron chi connectivity index (χ4n) is 8.56. The normalized spacial score (nSPS) is 12.4. The fraction of sp³-hybridized carbons (Fsp3) is 0.794. The van der Waals surface area contributed by atoms with Crippen molar-refractivity contribution in [1.29, 1.82) is 0 Å². The quantitative estimate of drug-likeness (QED) is 0.0262. The van der Waals surface area contributed by atoms with E-state index in [0.29, 0.717) is 19.3 Å². The molecule has 1 unspecified atom stereocenters. The summed E-state index contributed by atoms with van der Waals surface area (Å²) in [6, 6.07) is 0. The molecule has 6 nitrogen and oxygen atoms in total. The monoisotopic (exact) mass is 965 g/mol. The van der Waals surface area contributed by atoms with E-state index in [4.69, 9.17) is 14.2 Å². The predicted molar refractivity (Wildman–Crippen MR) is 298 cm³/mol. The third-order valence-electron chi connectivity index (χ3n) is 13.0. The Balaban J connectivity index is 4.27. The average Bonchev–Trinajstić information content (AvgIpc) is 3.35. The number of ether oxygens (including phenoxy) is 3. The van der Waals surface area contributed by atoms with E-state index in [2.05, 4.69) is 81.5 Å². The molecule has 0 N–H and O–H groups in total. The molecule has 0 saturated carbocycles. The van der Waals surface area contributed by atoms with E-state index in [9.17, 15) is 14.4 Å². The molecular weight excluding hydrogens is 853 g/mol. The van der Waals surface area contributed by atoms with Gasteiger partial charge in [-0.2, -0.15) is 0 Å². The van der Waals surface area contributed by atoms with Crippen molar-refractivity contribution < 1.29 is 28.6 Å². The lowest BCUT2D eigenvalue weighted by molar-refractivity contribution is -0.167. The lowest BCUT2D eigenvalue weighted by Gasteiger charge is -2.18. The summed E-state index contributed by atoms with van der Waals surface area (Å²) in [7, 11) is 0. The minimum Gasteiger partial charge on any atom is -0.462 e. The molecule has 0 aliphatic carbocycles. The molecule has 1 atom stereocenters. The standard InChI is InChI=1S/C63H112O6/c1-4-7-10-13-16-19-22-24-26-28-30-32-34-35-37-39-41-44-47-50-53-56-62(65)68-59-60(58-67-61(64)55-52-49-46-43-21-18-15-12-9-6-3)69-63(66)57-54-51-48-45-42-40-38-36-33-31-29-27-25-23-20-17-14-11-8-5-2/h7,10,12,15-16,19,24,26,30,32,60H,4-6,8-9,11,13-14,17-18,20-23,25,27-29,31,33-59H2,1-3H3/b10-7-,15-12-,19-16-,26-24-,32-30-. The number of hydrogen-bond acceptors (Lipinski definition) is 6. The third-order valence-corrected chi connectivity index (χ3v) is 13.0. The molecular formula is C63H112O6. The van der Waals surface area contributed by atoms with Crippen LogP contribution in [0.2, 0.25) is 0 Å². The van der Waals surface area contributed by atoms with E-state index in [0.717, 1.165) is 103 Å². The van der Waals surface area contributed by atoms with Gasteiger partial charge in [-0.1, -0.05) is 268 Å². The molecule has 0 aromatic heterocycles. The van der Waals surface area contributed by atoms with Crippen LogP contribution in [0.25, 0.3) is 0 Å². The highest BCUT2D eigenvalue weighted by Crippen LogP contribution is 2.17. The van der Waals surface area contributed by atoms with Gasteiger partial charge < -0.3 is 14.2 Å². The lowest BCUT2D eigenvalue weighted by atomic mass is 10.0. The summed E-state index contributed by atoms with van der Waals surface area (Å²) in [5.74, 6) is -0.883. The van der Waals surface area contributed by atoms with Gasteiger partial charge in [0, 0.05) is 19.3 Å². The van der Waals surface area contributed by atoms with Gasteiger partial charge in [0.2, 0.25) is 0 Å². The van der Waals surface area contributed by atoms with Gasteiger partial charge in [-0.3, -0.25) is 14.4 Å². The smallest absolute Gasteiger partial charge is 0.306 e. The van der Waals surface area contributed by atoms with E-state index in [-0.39, 0.29) is 31.1 Å². The van der Waals surface area contributed by atoms with Gasteiger partial charge in [0.1, 0.15) is 13.2 Å². The van der Waals surface area contributed by atoms with Gasteiger partial charge in [-0.05, 0) is 77.0 Å². The van der Waals surface area contributed by atoms with Crippen LogP contribution in [0, 0.1) is 0 Å². The largest absolute Gasteiger partial charge is 0.462 e. The van der Waals surface area contributed by atoms with Crippen LogP contribution in [-0.2, 0) is 28.6 Å². The van der Waals surface area contributed by atoms with Gasteiger partial charge in [0.25, 0.3) is 0 Å². The Kier molecular flexibility index (Phi) is 55.3. The van der Waals surface area contributed by atoms with Crippen LogP contribution in [0.15, 0.2) is 60.8 Å². The highest BCUT2D eigenvalue weighted by Gasteiger charge is 2.19. The summed E-state index contributed by atoms with van der Waals surface area (Å²) in [4.78, 5) is 38.1. The van der Waals surface area contributed by atoms with Crippen molar-refractivity contribution in [1.82, 2.24) is 0 Å². The average molecular weight is 966 g/mol. The molecule has 0 saturated heterocycles. The molecule has 0 amide bonds. The van der Waals surface area contributed by atoms with E-state index >= 15 is 0 Å². The number of carbonyl (C=O) groups excluding carboxylic acids is 3. The molecule has 0 aromatic carbocycles. The Hall–Kier alpha value is -2.89. The van der Waals surface area contributed by atoms with Gasteiger partial charge in [0.05, 0.1) is 0 Å². The summed E-state index contributed by atoms with van der Waals surface area (Å²) in [5.41, 5.74) is 0. The summed E-state index contributed by atoms with van der Waals surface area (Å²) < 4.78 is 16.9. The Morgan fingerprint density at radius 2 is 0.594 bits per heavy atom. The highest BCUT2D eigenvalue weighted by atomic mass is 16.6. The van der Waals surface area contributed by atoms with Crippen LogP contribution in [0.4, 0.5) is 0 Å². The van der Waals surface area contributed by atoms with Gasteiger partial charge in [-0.15, -0.1) is 0 Å². The molecule has 69 heavy (non-hydrogen) atoms. The number of carbonyl (C=O) groups is 3. The Bertz CT molecular complexity index is 1250. The fourth-order valence-corrected chi connectivity index (χ4v) is 8.56. The number of allylic oxidation sites excluding steroid dienone is 10. The van der Waals surface area contributed by atoms with Crippen molar-refractivity contribution in [3.63, 3.8) is 0 Å². The Morgan fingerprint density at radius 3 is 0.957 bits per heavy atom. The number of unbranched alkanes of at least 4 members (excludes halogenated alkanes) is 33. The minimum atomic E-state index is -0.779. The molecule has 0 radical (unpaired) electrons. The molecule has 0 bridgehead atoms. The highest BCUT2D eigenvalue weighted by molar-refractivity contribution is 5.71. The van der Waals surface area contributed by atoms with Gasteiger partial charge in [-0.25, -0.2) is 0 Å². The number of rotatable bonds is 54. The van der Waals surface area contributed by atoms with Crippen molar-refractivity contribution in [2.24, 2.45) is 0 Å². The summed E-state index contributed by atoms with van der Waals surface area (Å²) in [5, 5.41) is 0. The van der Waals surface area contributed by atoms with Gasteiger partial charge in [0.15, 0.2) is 6.10 Å². The topological polar surface area (TPSA) is 78.9 Å². The molecule has 0 aliphatic rings. The van der Waals surface area contributed by atoms with Crippen molar-refractivity contribution >= 4 is 17.9 Å². The van der Waals surface area contributed by atoms with Crippen molar-refractivity contribution in [3.05, 3.63) is 60.8 Å². The maximum absolute atomic E-state index is 12.9. The van der Waals surface area contributed by atoms with Crippen molar-refractivity contribution in [2.45, 2.75) is 309 Å². The molecule has 0 spiro atoms. The maximum atomic E-state index is 12.9. The first-order valence-electron chi connectivity index (χ1n) is 29.8. The molecule has 0 heterocycles. The second kappa shape index (κ2) is 57.7. The maximum Gasteiger partial charge on any atom is 0.306 e. The zero-order valence-electron chi connectivity index (χ0n) is 45.8. The zero-order chi connectivity index (χ0) is 50.0. The van der Waals surface area contributed by atoms with Crippen LogP contribution in [0.5, 0.6) is 0 Å². The Morgan fingerprint density at radius 1 is 0.304 bits per heavy atom. The lowest BCUT2D eigenvalue weighted by Crippen LogP contribution is -2.30. The summed E-state index contributed by atoms with van der Waals surface area (Å²) in [6.45, 7) is 6.49. The van der Waals surface area contributed by atoms with E-state index in [1.807, 2.05) is 0 Å². The van der Waals surface area contributed by atoms with Crippen LogP contribution < -0.4 is 0 Å². The molecule has 400 valence electrons. The van der Waals surface area contributed by atoms with Crippen LogP contribution in [0.1, 0.15) is 303 Å². The first-order chi connectivity index (χ1) is 34.0. The van der Waals surface area contributed by atoms with E-state index in [1.165, 1.54) is 161 Å². The molecule has 6 heteroatoms. The second-order valence-electron chi connectivity index (χ2n) is 19.9. The third kappa shape index (κ3) is 55.9. The number of esters is 3.